The number of carbonyl (C=O) groups excluding carboxylic acids is 2. The van der Waals surface area contributed by atoms with Crippen molar-refractivity contribution < 1.29 is 9.59 Å². The van der Waals surface area contributed by atoms with Crippen molar-refractivity contribution in [1.29, 1.82) is 0 Å². The molecule has 3 heterocycles. The highest BCUT2D eigenvalue weighted by Crippen LogP contribution is 2.47. The zero-order chi connectivity index (χ0) is 14.4. The van der Waals surface area contributed by atoms with Gasteiger partial charge in [-0.25, -0.2) is 0 Å². The van der Waals surface area contributed by atoms with Gasteiger partial charge < -0.3 is 9.80 Å². The van der Waals surface area contributed by atoms with Crippen molar-refractivity contribution in [1.82, 2.24) is 9.80 Å². The number of piperazine rings is 1. The van der Waals surface area contributed by atoms with Crippen LogP contribution in [0.2, 0.25) is 0 Å². The van der Waals surface area contributed by atoms with Gasteiger partial charge in [0.2, 0.25) is 11.8 Å². The Bertz CT molecular complexity index is 443. The largest absolute Gasteiger partial charge is 0.326 e. The van der Waals surface area contributed by atoms with Gasteiger partial charge in [-0.15, -0.1) is 13.2 Å². The maximum Gasteiger partial charge on any atom is 0.249 e. The summed E-state index contributed by atoms with van der Waals surface area (Å²) in [6.07, 6.45) is 8.04. The first-order valence-corrected chi connectivity index (χ1v) is 7.48. The molecular formula is C16H22N2O2. The third-order valence-electron chi connectivity index (χ3n) is 5.23. The molecule has 4 heteroatoms. The fourth-order valence-electron chi connectivity index (χ4n) is 4.37. The standard InChI is InChI=1S/C16H22N2O2/c1-3-7-15-9-5-11-17(15)14(20)16(8-4-2)10-6-12-18(16)13(15)19/h3-4H,1-2,5-12H2/t15-,16-/m0/s1. The minimum Gasteiger partial charge on any atom is -0.326 e. The molecular weight excluding hydrogens is 252 g/mol. The minimum atomic E-state index is -0.645. The summed E-state index contributed by atoms with van der Waals surface area (Å²) < 4.78 is 0. The summed E-state index contributed by atoms with van der Waals surface area (Å²) in [5.74, 6) is 0.266. The van der Waals surface area contributed by atoms with Crippen LogP contribution in [0.4, 0.5) is 0 Å². The number of nitrogens with zero attached hydrogens (tertiary/aromatic N) is 2. The number of hydrogen-bond donors (Lipinski definition) is 0. The van der Waals surface area contributed by atoms with E-state index in [1.165, 1.54) is 0 Å². The summed E-state index contributed by atoms with van der Waals surface area (Å²) in [4.78, 5) is 29.9. The van der Waals surface area contributed by atoms with E-state index in [-0.39, 0.29) is 11.8 Å². The smallest absolute Gasteiger partial charge is 0.249 e. The molecule has 0 bridgehead atoms. The van der Waals surface area contributed by atoms with Crippen LogP contribution in [0.5, 0.6) is 0 Å². The summed E-state index contributed by atoms with van der Waals surface area (Å²) in [7, 11) is 0. The van der Waals surface area contributed by atoms with Crippen LogP contribution in [0.1, 0.15) is 38.5 Å². The van der Waals surface area contributed by atoms with E-state index < -0.39 is 11.1 Å². The normalized spacial score (nSPS) is 36.0. The van der Waals surface area contributed by atoms with Crippen molar-refractivity contribution in [2.45, 2.75) is 49.6 Å². The van der Waals surface area contributed by atoms with E-state index in [0.29, 0.717) is 25.9 Å². The fourth-order valence-corrected chi connectivity index (χ4v) is 4.37. The summed E-state index contributed by atoms with van der Waals surface area (Å²) in [6.45, 7) is 8.97. The van der Waals surface area contributed by atoms with Gasteiger partial charge >= 0.3 is 0 Å². The summed E-state index contributed by atoms with van der Waals surface area (Å²) in [5.41, 5.74) is -1.29. The molecule has 2 atom stereocenters. The highest BCUT2D eigenvalue weighted by atomic mass is 16.2. The van der Waals surface area contributed by atoms with Crippen molar-refractivity contribution in [3.05, 3.63) is 25.3 Å². The molecule has 0 N–H and O–H groups in total. The molecule has 0 radical (unpaired) electrons. The van der Waals surface area contributed by atoms with Gasteiger partial charge in [0, 0.05) is 13.1 Å². The molecule has 3 fully saturated rings. The van der Waals surface area contributed by atoms with E-state index in [4.69, 9.17) is 0 Å². The molecule has 0 saturated carbocycles. The fraction of sp³-hybridized carbons (Fsp3) is 0.625. The molecule has 2 amide bonds. The van der Waals surface area contributed by atoms with Crippen molar-refractivity contribution in [3.63, 3.8) is 0 Å². The Labute approximate surface area is 120 Å². The van der Waals surface area contributed by atoms with Crippen LogP contribution < -0.4 is 0 Å². The maximum absolute atomic E-state index is 13.1. The lowest BCUT2D eigenvalue weighted by atomic mass is 9.80. The second kappa shape index (κ2) is 4.47. The van der Waals surface area contributed by atoms with E-state index in [1.54, 1.807) is 12.2 Å². The minimum absolute atomic E-state index is 0.133. The second-order valence-corrected chi connectivity index (χ2v) is 6.17. The average molecular weight is 274 g/mol. The van der Waals surface area contributed by atoms with Crippen LogP contribution in [0.3, 0.4) is 0 Å². The van der Waals surface area contributed by atoms with Gasteiger partial charge in [-0.1, -0.05) is 12.2 Å². The number of rotatable bonds is 4. The Morgan fingerprint density at radius 2 is 1.30 bits per heavy atom. The molecule has 0 aromatic carbocycles. The van der Waals surface area contributed by atoms with Gasteiger partial charge in [0.25, 0.3) is 0 Å². The van der Waals surface area contributed by atoms with Crippen molar-refractivity contribution in [2.24, 2.45) is 0 Å². The predicted molar refractivity (Wildman–Crippen MR) is 77.0 cm³/mol. The van der Waals surface area contributed by atoms with E-state index in [2.05, 4.69) is 13.2 Å². The lowest BCUT2D eigenvalue weighted by Crippen LogP contribution is -2.72. The molecule has 3 saturated heterocycles. The Balaban J connectivity index is 2.08. The lowest BCUT2D eigenvalue weighted by molar-refractivity contribution is -0.173. The third kappa shape index (κ3) is 1.42. The van der Waals surface area contributed by atoms with Crippen LogP contribution in [0.15, 0.2) is 25.3 Å². The van der Waals surface area contributed by atoms with Crippen LogP contribution in [0, 0.1) is 0 Å². The van der Waals surface area contributed by atoms with Crippen LogP contribution in [-0.2, 0) is 9.59 Å². The van der Waals surface area contributed by atoms with Crippen LogP contribution in [0.25, 0.3) is 0 Å². The molecule has 0 aliphatic carbocycles. The lowest BCUT2D eigenvalue weighted by Gasteiger charge is -2.52. The molecule has 0 aromatic heterocycles. The highest BCUT2D eigenvalue weighted by Gasteiger charge is 2.64. The first kappa shape index (κ1) is 13.4. The average Bonchev–Trinajstić information content (AvgIpc) is 3.03. The monoisotopic (exact) mass is 274 g/mol. The number of fused-ring (bicyclic) bond motifs is 2. The first-order valence-electron chi connectivity index (χ1n) is 7.48. The Morgan fingerprint density at radius 1 is 0.900 bits per heavy atom. The second-order valence-electron chi connectivity index (χ2n) is 6.17. The number of amides is 2. The van der Waals surface area contributed by atoms with Gasteiger partial charge in [-0.05, 0) is 38.5 Å². The molecule has 0 unspecified atom stereocenters. The Hall–Kier alpha value is -1.58. The van der Waals surface area contributed by atoms with Gasteiger partial charge in [-0.3, -0.25) is 9.59 Å². The van der Waals surface area contributed by atoms with Gasteiger partial charge in [0.05, 0.1) is 0 Å². The first-order chi connectivity index (χ1) is 9.62. The number of hydrogen-bond acceptors (Lipinski definition) is 2. The van der Waals surface area contributed by atoms with Crippen molar-refractivity contribution in [3.8, 4) is 0 Å². The van der Waals surface area contributed by atoms with Gasteiger partial charge in [-0.2, -0.15) is 0 Å². The Kier molecular flexibility index (Phi) is 3.00. The summed E-state index contributed by atoms with van der Waals surface area (Å²) in [6, 6.07) is 0. The summed E-state index contributed by atoms with van der Waals surface area (Å²) in [5, 5.41) is 0. The van der Waals surface area contributed by atoms with Crippen LogP contribution in [-0.4, -0.2) is 45.8 Å². The quantitative estimate of drug-likeness (QED) is 0.734. The van der Waals surface area contributed by atoms with Crippen molar-refractivity contribution in [2.75, 3.05) is 13.1 Å². The molecule has 108 valence electrons. The molecule has 3 aliphatic rings. The van der Waals surface area contributed by atoms with Crippen molar-refractivity contribution >= 4 is 11.8 Å². The van der Waals surface area contributed by atoms with E-state index in [1.807, 2.05) is 9.80 Å². The molecule has 4 nitrogen and oxygen atoms in total. The molecule has 20 heavy (non-hydrogen) atoms. The highest BCUT2D eigenvalue weighted by molar-refractivity contribution is 6.03. The zero-order valence-electron chi connectivity index (χ0n) is 11.9. The topological polar surface area (TPSA) is 40.6 Å². The van der Waals surface area contributed by atoms with E-state index in [9.17, 15) is 9.59 Å². The van der Waals surface area contributed by atoms with E-state index in [0.717, 1.165) is 25.7 Å². The Morgan fingerprint density at radius 3 is 1.65 bits per heavy atom. The maximum atomic E-state index is 13.1. The van der Waals surface area contributed by atoms with Crippen LogP contribution >= 0.6 is 0 Å². The zero-order valence-corrected chi connectivity index (χ0v) is 11.9. The number of carbonyl (C=O) groups is 2. The third-order valence-corrected chi connectivity index (χ3v) is 5.23. The molecule has 0 spiro atoms. The molecule has 3 rings (SSSR count). The predicted octanol–water partition coefficient (Wildman–Crippen LogP) is 1.87. The summed E-state index contributed by atoms with van der Waals surface area (Å²) >= 11 is 0. The SMILES string of the molecule is C=CC[C@@]12CCCN1C(=O)[C@]1(CC=C)CCCN1C2=O. The molecule has 3 aliphatic heterocycles. The van der Waals surface area contributed by atoms with Gasteiger partial charge in [0.1, 0.15) is 11.1 Å². The molecule has 0 aromatic rings. The van der Waals surface area contributed by atoms with Gasteiger partial charge in [0.15, 0.2) is 0 Å². The van der Waals surface area contributed by atoms with E-state index >= 15 is 0 Å².